The third kappa shape index (κ3) is 2.52. The molecule has 0 radical (unpaired) electrons. The Hall–Kier alpha value is 0.430. The van der Waals surface area contributed by atoms with E-state index in [2.05, 4.69) is 0 Å². The van der Waals surface area contributed by atoms with Gasteiger partial charge in [0.05, 0.1) is 25.1 Å². The number of benzene rings is 2. The van der Waals surface area contributed by atoms with E-state index in [1.807, 2.05) is 90.4 Å². The van der Waals surface area contributed by atoms with Crippen LogP contribution in [0.4, 0.5) is 0 Å². The van der Waals surface area contributed by atoms with Crippen LogP contribution < -0.4 is 5.43 Å². The van der Waals surface area contributed by atoms with Crippen LogP contribution in [0.3, 0.4) is 0 Å². The first-order valence-corrected chi connectivity index (χ1v) is 9.79. The van der Waals surface area contributed by atoms with Gasteiger partial charge in [0, 0.05) is 0 Å². The van der Waals surface area contributed by atoms with E-state index >= 15 is 0 Å². The molecule has 0 spiro atoms. The fraction of sp³-hybridized carbons (Fsp3) is 0. The molecule has 1 heterocycles. The van der Waals surface area contributed by atoms with Crippen molar-refractivity contribution in [2.45, 2.75) is 0 Å². The molecule has 2 N–H and O–H groups in total. The van der Waals surface area contributed by atoms with E-state index in [4.69, 9.17) is 4.42 Å². The molecule has 0 amide bonds. The summed E-state index contributed by atoms with van der Waals surface area (Å²) in [7, 11) is 0. The molecule has 0 aliphatic rings. The Morgan fingerprint density at radius 2 is 1.19 bits per heavy atom. The van der Waals surface area contributed by atoms with Gasteiger partial charge in [-0.1, -0.05) is 0 Å². The van der Waals surface area contributed by atoms with Crippen molar-refractivity contribution in [1.82, 2.24) is 0 Å². The van der Waals surface area contributed by atoms with Crippen LogP contribution in [0.2, 0.25) is 0 Å². The molecule has 0 fully saturated rings. The van der Waals surface area contributed by atoms with Crippen molar-refractivity contribution < 1.29 is 14.6 Å². The van der Waals surface area contributed by atoms with Crippen molar-refractivity contribution in [2.24, 2.45) is 0 Å². The normalized spacial score (nSPS) is 11.4. The fourth-order valence-electron chi connectivity index (χ4n) is 1.97. The number of phenols is 2. The first-order valence-electron chi connectivity index (χ1n) is 5.47. The van der Waals surface area contributed by atoms with Crippen molar-refractivity contribution in [3.63, 3.8) is 0 Å². The molecule has 0 atom stereocenters. The summed E-state index contributed by atoms with van der Waals surface area (Å²) in [6.07, 6.45) is 0. The molecule has 4 nitrogen and oxygen atoms in total. The van der Waals surface area contributed by atoms with Gasteiger partial charge in [0.1, 0.15) is 11.5 Å². The Bertz CT molecular complexity index is 903. The van der Waals surface area contributed by atoms with Gasteiger partial charge >= 0.3 is 0 Å². The number of rotatable bonds is 0. The van der Waals surface area contributed by atoms with Gasteiger partial charge in [-0.05, 0) is 102 Å². The fourth-order valence-corrected chi connectivity index (χ4v) is 5.54. The molecule has 108 valence electrons. The monoisotopic (exact) mass is 732 g/mol. The lowest BCUT2D eigenvalue weighted by molar-refractivity contribution is 0.465. The maximum atomic E-state index is 12.7. The van der Waals surface area contributed by atoms with E-state index in [1.165, 1.54) is 0 Å². The minimum Gasteiger partial charge on any atom is -0.506 e. The predicted molar refractivity (Wildman–Crippen MR) is 114 cm³/mol. The van der Waals surface area contributed by atoms with E-state index in [1.54, 1.807) is 12.1 Å². The number of fused-ring (bicyclic) bond motifs is 2. The van der Waals surface area contributed by atoms with E-state index in [9.17, 15) is 15.0 Å². The van der Waals surface area contributed by atoms with Crippen molar-refractivity contribution in [1.29, 1.82) is 0 Å². The molecule has 0 bridgehead atoms. The van der Waals surface area contributed by atoms with Gasteiger partial charge in [-0.25, -0.2) is 0 Å². The zero-order chi connectivity index (χ0) is 15.5. The average Bonchev–Trinajstić information content (AvgIpc) is 2.45. The van der Waals surface area contributed by atoms with Crippen LogP contribution in [0.15, 0.2) is 21.3 Å². The Labute approximate surface area is 172 Å². The summed E-state index contributed by atoms with van der Waals surface area (Å²) in [6.45, 7) is 0. The van der Waals surface area contributed by atoms with Gasteiger partial charge in [-0.2, -0.15) is 0 Å². The maximum absolute atomic E-state index is 12.7. The number of phenolic OH excluding ortho intramolecular Hbond substituents is 2. The standard InChI is InChI=1S/C13H4I4O4/c14-5-1-3-9(18)4-2-6(15)11(20)8(17)13(4)21-12(3)7(16)10(5)19/h1-2,19-20H. The van der Waals surface area contributed by atoms with Crippen LogP contribution in [0.1, 0.15) is 0 Å². The summed E-state index contributed by atoms with van der Waals surface area (Å²) in [6, 6.07) is 3.23. The lowest BCUT2D eigenvalue weighted by Crippen LogP contribution is -2.05. The predicted octanol–water partition coefficient (Wildman–Crippen LogP) is 4.78. The quantitative estimate of drug-likeness (QED) is 0.258. The van der Waals surface area contributed by atoms with Gasteiger partial charge in [0.25, 0.3) is 0 Å². The van der Waals surface area contributed by atoms with E-state index in [-0.39, 0.29) is 16.9 Å². The van der Waals surface area contributed by atoms with Gasteiger partial charge in [0.2, 0.25) is 5.43 Å². The molecule has 3 rings (SSSR count). The third-order valence-electron chi connectivity index (χ3n) is 2.99. The Morgan fingerprint density at radius 3 is 1.57 bits per heavy atom. The molecule has 2 aromatic carbocycles. The van der Waals surface area contributed by atoms with Crippen molar-refractivity contribution in [3.05, 3.63) is 36.6 Å². The lowest BCUT2D eigenvalue weighted by atomic mass is 10.1. The topological polar surface area (TPSA) is 70.7 Å². The molecule has 0 unspecified atom stereocenters. The van der Waals surface area contributed by atoms with Crippen molar-refractivity contribution in [2.75, 3.05) is 0 Å². The third-order valence-corrected chi connectivity index (χ3v) is 6.64. The Balaban J connectivity index is 2.66. The van der Waals surface area contributed by atoms with Crippen LogP contribution in [0, 0.1) is 14.3 Å². The lowest BCUT2D eigenvalue weighted by Gasteiger charge is -2.09. The first-order chi connectivity index (χ1) is 9.82. The molecular weight excluding hydrogens is 728 g/mol. The van der Waals surface area contributed by atoms with Gasteiger partial charge in [-0.15, -0.1) is 0 Å². The van der Waals surface area contributed by atoms with Crippen molar-refractivity contribution in [3.8, 4) is 11.5 Å². The molecular formula is C13H4I4O4. The molecule has 0 aliphatic carbocycles. The average molecular weight is 732 g/mol. The Kier molecular flexibility index (Phi) is 4.51. The molecule has 0 aliphatic heterocycles. The van der Waals surface area contributed by atoms with Gasteiger partial charge < -0.3 is 14.6 Å². The second kappa shape index (κ2) is 5.81. The molecule has 0 saturated heterocycles. The van der Waals surface area contributed by atoms with Crippen LogP contribution >= 0.6 is 90.4 Å². The van der Waals surface area contributed by atoms with Gasteiger partial charge in [0.15, 0.2) is 11.2 Å². The largest absolute Gasteiger partial charge is 0.506 e. The summed E-state index contributed by atoms with van der Waals surface area (Å²) in [4.78, 5) is 12.7. The van der Waals surface area contributed by atoms with Crippen LogP contribution in [0.5, 0.6) is 11.5 Å². The number of hydrogen-bond acceptors (Lipinski definition) is 4. The zero-order valence-corrected chi connectivity index (χ0v) is 18.5. The smallest absolute Gasteiger partial charge is 0.200 e. The Morgan fingerprint density at radius 1 is 0.810 bits per heavy atom. The SMILES string of the molecule is O=c1c2cc(I)c(O)c(I)c2oc2c(I)c(O)c(I)cc12. The molecule has 0 saturated carbocycles. The zero-order valence-electron chi connectivity index (χ0n) is 9.88. The van der Waals surface area contributed by atoms with Crippen LogP contribution in [-0.2, 0) is 0 Å². The highest BCUT2D eigenvalue weighted by Crippen LogP contribution is 2.37. The molecule has 1 aromatic heterocycles. The number of aromatic hydroxyl groups is 2. The number of halogens is 4. The molecule has 21 heavy (non-hydrogen) atoms. The minimum atomic E-state index is -0.169. The van der Waals surface area contributed by atoms with Crippen LogP contribution in [-0.4, -0.2) is 10.2 Å². The van der Waals surface area contributed by atoms with Crippen LogP contribution in [0.25, 0.3) is 21.9 Å². The first kappa shape index (κ1) is 16.3. The summed E-state index contributed by atoms with van der Waals surface area (Å²) in [5, 5.41) is 20.9. The highest BCUT2D eigenvalue weighted by molar-refractivity contribution is 14.1. The second-order valence-corrected chi connectivity index (χ2v) is 8.71. The molecule has 8 heteroatoms. The summed E-state index contributed by atoms with van der Waals surface area (Å²) >= 11 is 7.86. The highest BCUT2D eigenvalue weighted by atomic mass is 127. The van der Waals surface area contributed by atoms with E-state index in [0.717, 1.165) is 0 Å². The second-order valence-electron chi connectivity index (χ2n) is 4.23. The number of hydrogen-bond donors (Lipinski definition) is 2. The molecule has 3 aromatic rings. The summed E-state index contributed by atoms with van der Waals surface area (Å²) < 4.78 is 7.99. The maximum Gasteiger partial charge on any atom is 0.200 e. The summed E-state index contributed by atoms with van der Waals surface area (Å²) in [5.41, 5.74) is 0.506. The van der Waals surface area contributed by atoms with E-state index in [0.29, 0.717) is 36.2 Å². The summed E-state index contributed by atoms with van der Waals surface area (Å²) in [5.74, 6) is 0.187. The highest BCUT2D eigenvalue weighted by Gasteiger charge is 2.19. The van der Waals surface area contributed by atoms with E-state index < -0.39 is 0 Å². The van der Waals surface area contributed by atoms with Gasteiger partial charge in [-0.3, -0.25) is 4.79 Å². The van der Waals surface area contributed by atoms with Crippen molar-refractivity contribution >= 4 is 112 Å². The minimum absolute atomic E-state index is 0.0935.